The van der Waals surface area contributed by atoms with E-state index in [2.05, 4.69) is 16.7 Å². The molecule has 0 unspecified atom stereocenters. The maximum Gasteiger partial charge on any atom is 0.223 e. The van der Waals surface area contributed by atoms with Crippen molar-refractivity contribution in [2.24, 2.45) is 0 Å². The number of carbonyl (C=O) groups excluding carboxylic acids is 1. The Morgan fingerprint density at radius 2 is 1.83 bits per heavy atom. The van der Waals surface area contributed by atoms with Crippen molar-refractivity contribution in [1.29, 1.82) is 0 Å². The summed E-state index contributed by atoms with van der Waals surface area (Å²) in [7, 11) is 1.89. The molecule has 1 heterocycles. The summed E-state index contributed by atoms with van der Waals surface area (Å²) in [6.45, 7) is 7.56. The first kappa shape index (κ1) is 17.7. The zero-order valence-corrected chi connectivity index (χ0v) is 14.3. The van der Waals surface area contributed by atoms with Gasteiger partial charge < -0.3 is 9.80 Å². The van der Waals surface area contributed by atoms with E-state index >= 15 is 0 Å². The van der Waals surface area contributed by atoms with Crippen LogP contribution in [0.5, 0.6) is 0 Å². The normalized spacial score (nSPS) is 15.7. The molecule has 0 radical (unpaired) electrons. The highest BCUT2D eigenvalue weighted by Gasteiger charge is 2.18. The summed E-state index contributed by atoms with van der Waals surface area (Å²) in [4.78, 5) is 18.5. The third-order valence-corrected chi connectivity index (χ3v) is 4.48. The van der Waals surface area contributed by atoms with E-state index in [0.29, 0.717) is 6.42 Å². The van der Waals surface area contributed by atoms with Gasteiger partial charge in [0.05, 0.1) is 0 Å². The van der Waals surface area contributed by atoms with Crippen LogP contribution in [-0.4, -0.2) is 62.0 Å². The highest BCUT2D eigenvalue weighted by Crippen LogP contribution is 2.17. The molecule has 1 aromatic rings. The molecule has 128 valence electrons. The lowest BCUT2D eigenvalue weighted by atomic mass is 10.2. The van der Waals surface area contributed by atoms with Gasteiger partial charge in [0.15, 0.2) is 0 Å². The van der Waals surface area contributed by atoms with Crippen molar-refractivity contribution < 1.29 is 9.18 Å². The summed E-state index contributed by atoms with van der Waals surface area (Å²) in [5.74, 6) is 0.0394. The van der Waals surface area contributed by atoms with Gasteiger partial charge in [0.1, 0.15) is 5.82 Å². The van der Waals surface area contributed by atoms with Gasteiger partial charge in [-0.3, -0.25) is 9.69 Å². The van der Waals surface area contributed by atoms with Crippen LogP contribution in [-0.2, 0) is 4.79 Å². The van der Waals surface area contributed by atoms with Crippen LogP contribution in [0, 0.1) is 5.82 Å². The first-order valence-corrected chi connectivity index (χ1v) is 8.57. The van der Waals surface area contributed by atoms with Crippen molar-refractivity contribution in [3.8, 4) is 0 Å². The number of carbonyl (C=O) groups is 1. The van der Waals surface area contributed by atoms with Crippen molar-refractivity contribution in [1.82, 2.24) is 9.80 Å². The van der Waals surface area contributed by atoms with Crippen molar-refractivity contribution in [3.05, 3.63) is 30.1 Å². The fourth-order valence-corrected chi connectivity index (χ4v) is 2.85. The number of halogens is 1. The molecule has 0 spiro atoms. The Bertz CT molecular complexity index is 484. The molecule has 2 rings (SSSR count). The predicted molar refractivity (Wildman–Crippen MR) is 92.2 cm³/mol. The Hall–Kier alpha value is -1.62. The summed E-state index contributed by atoms with van der Waals surface area (Å²) in [5, 5.41) is 0. The Morgan fingerprint density at radius 1 is 1.17 bits per heavy atom. The number of rotatable bonds is 7. The lowest BCUT2D eigenvalue weighted by Gasteiger charge is -2.36. The van der Waals surface area contributed by atoms with Gasteiger partial charge in [-0.25, -0.2) is 4.39 Å². The SMILES string of the molecule is CCCCN(C)C(=O)CCN1CCN(c2ccc(F)cc2)CC1. The first-order chi connectivity index (χ1) is 11.1. The van der Waals surface area contributed by atoms with Crippen molar-refractivity contribution in [2.45, 2.75) is 26.2 Å². The van der Waals surface area contributed by atoms with E-state index in [4.69, 9.17) is 0 Å². The standard InChI is InChI=1S/C18H28FN3O/c1-3-4-10-20(2)18(23)9-11-21-12-14-22(15-13-21)17-7-5-16(19)6-8-17/h5-8H,3-4,9-15H2,1-2H3. The largest absolute Gasteiger partial charge is 0.369 e. The quantitative estimate of drug-likeness (QED) is 0.772. The van der Waals surface area contributed by atoms with Gasteiger partial charge in [0.25, 0.3) is 0 Å². The third kappa shape index (κ3) is 5.50. The molecule has 23 heavy (non-hydrogen) atoms. The minimum Gasteiger partial charge on any atom is -0.369 e. The molecular weight excluding hydrogens is 293 g/mol. The molecule has 1 aliphatic rings. The predicted octanol–water partition coefficient (Wildman–Crippen LogP) is 2.60. The van der Waals surface area contributed by atoms with Gasteiger partial charge in [-0.1, -0.05) is 13.3 Å². The van der Waals surface area contributed by atoms with E-state index in [-0.39, 0.29) is 11.7 Å². The number of hydrogen-bond acceptors (Lipinski definition) is 3. The lowest BCUT2D eigenvalue weighted by Crippen LogP contribution is -2.47. The van der Waals surface area contributed by atoms with E-state index in [9.17, 15) is 9.18 Å². The Kier molecular flexibility index (Phi) is 6.84. The summed E-state index contributed by atoms with van der Waals surface area (Å²) in [5.41, 5.74) is 1.07. The zero-order valence-electron chi connectivity index (χ0n) is 14.3. The Morgan fingerprint density at radius 3 is 2.43 bits per heavy atom. The number of amides is 1. The maximum absolute atomic E-state index is 13.0. The highest BCUT2D eigenvalue weighted by atomic mass is 19.1. The summed E-state index contributed by atoms with van der Waals surface area (Å²) in [6.07, 6.45) is 2.78. The fraction of sp³-hybridized carbons (Fsp3) is 0.611. The number of benzene rings is 1. The number of unbranched alkanes of at least 4 members (excludes halogenated alkanes) is 1. The second-order valence-electron chi connectivity index (χ2n) is 6.22. The van der Waals surface area contributed by atoms with Gasteiger partial charge in [0, 0.05) is 58.4 Å². The summed E-state index contributed by atoms with van der Waals surface area (Å²) < 4.78 is 13.0. The third-order valence-electron chi connectivity index (χ3n) is 4.48. The van der Waals surface area contributed by atoms with E-state index < -0.39 is 0 Å². The van der Waals surface area contributed by atoms with Gasteiger partial charge in [-0.2, -0.15) is 0 Å². The van der Waals surface area contributed by atoms with Crippen LogP contribution in [0.4, 0.5) is 10.1 Å². The second kappa shape index (κ2) is 8.87. The number of hydrogen-bond donors (Lipinski definition) is 0. The molecule has 5 heteroatoms. The average molecular weight is 321 g/mol. The van der Waals surface area contributed by atoms with Gasteiger partial charge in [0.2, 0.25) is 5.91 Å². The zero-order chi connectivity index (χ0) is 16.7. The molecule has 0 aliphatic carbocycles. The van der Waals surface area contributed by atoms with E-state index in [1.807, 2.05) is 24.1 Å². The minimum atomic E-state index is -0.196. The Balaban J connectivity index is 1.70. The molecule has 1 fully saturated rings. The Labute approximate surface area is 138 Å². The van der Waals surface area contributed by atoms with Crippen LogP contribution < -0.4 is 4.90 Å². The lowest BCUT2D eigenvalue weighted by molar-refractivity contribution is -0.130. The monoisotopic (exact) mass is 321 g/mol. The highest BCUT2D eigenvalue weighted by molar-refractivity contribution is 5.76. The van der Waals surface area contributed by atoms with Crippen LogP contribution >= 0.6 is 0 Å². The van der Waals surface area contributed by atoms with Crippen LogP contribution in [0.3, 0.4) is 0 Å². The smallest absolute Gasteiger partial charge is 0.223 e. The fourth-order valence-electron chi connectivity index (χ4n) is 2.85. The van der Waals surface area contributed by atoms with Crippen LogP contribution in [0.2, 0.25) is 0 Å². The molecular formula is C18H28FN3O. The van der Waals surface area contributed by atoms with E-state index in [1.54, 1.807) is 0 Å². The average Bonchev–Trinajstić information content (AvgIpc) is 2.58. The molecule has 0 N–H and O–H groups in total. The molecule has 1 aromatic carbocycles. The van der Waals surface area contributed by atoms with Crippen LogP contribution in [0.1, 0.15) is 26.2 Å². The summed E-state index contributed by atoms with van der Waals surface area (Å²) in [6, 6.07) is 6.67. The minimum absolute atomic E-state index is 0.196. The molecule has 1 aliphatic heterocycles. The number of nitrogens with zero attached hydrogens (tertiary/aromatic N) is 3. The first-order valence-electron chi connectivity index (χ1n) is 8.57. The van der Waals surface area contributed by atoms with Crippen molar-refractivity contribution in [2.75, 3.05) is 51.2 Å². The van der Waals surface area contributed by atoms with Crippen LogP contribution in [0.15, 0.2) is 24.3 Å². The van der Waals surface area contributed by atoms with Gasteiger partial charge in [-0.15, -0.1) is 0 Å². The molecule has 4 nitrogen and oxygen atoms in total. The van der Waals surface area contributed by atoms with E-state index in [0.717, 1.165) is 57.8 Å². The van der Waals surface area contributed by atoms with Crippen LogP contribution in [0.25, 0.3) is 0 Å². The van der Waals surface area contributed by atoms with E-state index in [1.165, 1.54) is 12.1 Å². The van der Waals surface area contributed by atoms with Crippen molar-refractivity contribution in [3.63, 3.8) is 0 Å². The molecule has 1 saturated heterocycles. The molecule has 0 aromatic heterocycles. The number of anilines is 1. The number of piperazine rings is 1. The molecule has 0 bridgehead atoms. The molecule has 1 amide bonds. The van der Waals surface area contributed by atoms with Crippen molar-refractivity contribution >= 4 is 11.6 Å². The van der Waals surface area contributed by atoms with Gasteiger partial charge in [-0.05, 0) is 30.7 Å². The molecule has 0 saturated carbocycles. The topological polar surface area (TPSA) is 26.8 Å². The molecule has 0 atom stereocenters. The maximum atomic E-state index is 13.0. The van der Waals surface area contributed by atoms with Gasteiger partial charge >= 0.3 is 0 Å². The summed E-state index contributed by atoms with van der Waals surface area (Å²) >= 11 is 0. The second-order valence-corrected chi connectivity index (χ2v) is 6.22.